The summed E-state index contributed by atoms with van der Waals surface area (Å²) >= 11 is 0. The van der Waals surface area contributed by atoms with E-state index in [9.17, 15) is 5.11 Å². The highest BCUT2D eigenvalue weighted by Gasteiger charge is 2.40. The van der Waals surface area contributed by atoms with Gasteiger partial charge in [0, 0.05) is 19.6 Å². The molecule has 7 nitrogen and oxygen atoms in total. The second kappa shape index (κ2) is 5.44. The van der Waals surface area contributed by atoms with Crippen molar-refractivity contribution in [3.05, 3.63) is 5.82 Å². The number of aryl methyl sites for hydroxylation is 2. The first-order chi connectivity index (χ1) is 8.98. The lowest BCUT2D eigenvalue weighted by Crippen LogP contribution is -2.64. The van der Waals surface area contributed by atoms with E-state index in [4.69, 9.17) is 4.74 Å². The summed E-state index contributed by atoms with van der Waals surface area (Å²) in [6.45, 7) is 5.75. The molecule has 2 rings (SSSR count). The molecule has 1 aromatic heterocycles. The number of morpholine rings is 1. The molecule has 2 heterocycles. The highest BCUT2D eigenvalue weighted by atomic mass is 16.5. The SMILES string of the molecule is Cc1nc(NC[C@]2(CO)COC[C@@H](C)N2C)n(C)n1. The average Bonchev–Trinajstić information content (AvgIpc) is 2.70. The normalized spacial score (nSPS) is 28.6. The van der Waals surface area contributed by atoms with Crippen LogP contribution in [0.1, 0.15) is 12.7 Å². The number of anilines is 1. The fourth-order valence-electron chi connectivity index (χ4n) is 2.40. The third-order valence-electron chi connectivity index (χ3n) is 3.88. The number of aliphatic hydroxyl groups is 1. The average molecular weight is 269 g/mol. The third kappa shape index (κ3) is 2.72. The van der Waals surface area contributed by atoms with Crippen molar-refractivity contribution in [1.29, 1.82) is 0 Å². The summed E-state index contributed by atoms with van der Waals surface area (Å²) < 4.78 is 7.30. The van der Waals surface area contributed by atoms with Crippen LogP contribution in [0.5, 0.6) is 0 Å². The van der Waals surface area contributed by atoms with Crippen LogP contribution in [0.25, 0.3) is 0 Å². The smallest absolute Gasteiger partial charge is 0.221 e. The van der Waals surface area contributed by atoms with Crippen molar-refractivity contribution in [3.8, 4) is 0 Å². The van der Waals surface area contributed by atoms with Crippen LogP contribution in [-0.4, -0.2) is 69.8 Å². The monoisotopic (exact) mass is 269 g/mol. The van der Waals surface area contributed by atoms with Gasteiger partial charge >= 0.3 is 0 Å². The van der Waals surface area contributed by atoms with Crippen molar-refractivity contribution < 1.29 is 9.84 Å². The van der Waals surface area contributed by atoms with Gasteiger partial charge in [0.25, 0.3) is 0 Å². The van der Waals surface area contributed by atoms with Crippen molar-refractivity contribution in [2.45, 2.75) is 25.4 Å². The van der Waals surface area contributed by atoms with E-state index in [2.05, 4.69) is 27.2 Å². The second-order valence-electron chi connectivity index (χ2n) is 5.32. The molecule has 1 saturated heterocycles. The largest absolute Gasteiger partial charge is 0.394 e. The van der Waals surface area contributed by atoms with Gasteiger partial charge < -0.3 is 15.2 Å². The summed E-state index contributed by atoms with van der Waals surface area (Å²) in [6, 6.07) is 0.281. The predicted octanol–water partition coefficient (Wildman–Crippen LogP) is -0.383. The number of aromatic nitrogens is 3. The number of rotatable bonds is 4. The van der Waals surface area contributed by atoms with Gasteiger partial charge in [0.1, 0.15) is 5.82 Å². The summed E-state index contributed by atoms with van der Waals surface area (Å²) in [6.07, 6.45) is 0. The molecule has 2 N–H and O–H groups in total. The summed E-state index contributed by atoms with van der Waals surface area (Å²) in [5, 5.41) is 17.2. The van der Waals surface area contributed by atoms with Gasteiger partial charge in [-0.15, -0.1) is 0 Å². The van der Waals surface area contributed by atoms with E-state index in [0.29, 0.717) is 25.7 Å². The Morgan fingerprint density at radius 1 is 1.53 bits per heavy atom. The van der Waals surface area contributed by atoms with Gasteiger partial charge in [-0.25, -0.2) is 4.68 Å². The summed E-state index contributed by atoms with van der Waals surface area (Å²) in [4.78, 5) is 6.48. The van der Waals surface area contributed by atoms with E-state index in [1.165, 1.54) is 0 Å². The molecule has 2 atom stereocenters. The minimum atomic E-state index is -0.419. The van der Waals surface area contributed by atoms with Crippen molar-refractivity contribution >= 4 is 5.95 Å². The molecule has 108 valence electrons. The van der Waals surface area contributed by atoms with E-state index in [1.54, 1.807) is 4.68 Å². The molecule has 0 aliphatic carbocycles. The van der Waals surface area contributed by atoms with E-state index in [0.717, 1.165) is 5.82 Å². The topological polar surface area (TPSA) is 75.4 Å². The summed E-state index contributed by atoms with van der Waals surface area (Å²) in [7, 11) is 3.87. The molecule has 0 aromatic carbocycles. The molecular formula is C12H23N5O2. The zero-order valence-electron chi connectivity index (χ0n) is 12.1. The standard InChI is InChI=1S/C12H23N5O2/c1-9-5-19-8-12(7-18,16(9)3)6-13-11-14-10(2)15-17(11)4/h9,18H,5-8H2,1-4H3,(H,13,14,15)/t9-,12+/m1/s1. The van der Waals surface area contributed by atoms with Gasteiger partial charge in [0.2, 0.25) is 5.95 Å². The number of nitrogens with one attached hydrogen (secondary N) is 1. The number of nitrogens with zero attached hydrogens (tertiary/aromatic N) is 4. The molecule has 7 heteroatoms. The fraction of sp³-hybridized carbons (Fsp3) is 0.833. The zero-order valence-corrected chi connectivity index (χ0v) is 12.1. The molecule has 0 amide bonds. The number of hydrogen-bond donors (Lipinski definition) is 2. The van der Waals surface area contributed by atoms with Crippen LogP contribution >= 0.6 is 0 Å². The lowest BCUT2D eigenvalue weighted by molar-refractivity contribution is -0.101. The second-order valence-corrected chi connectivity index (χ2v) is 5.32. The predicted molar refractivity (Wildman–Crippen MR) is 72.1 cm³/mol. The van der Waals surface area contributed by atoms with Crippen LogP contribution in [0.15, 0.2) is 0 Å². The number of hydrogen-bond acceptors (Lipinski definition) is 6. The first kappa shape index (κ1) is 14.2. The third-order valence-corrected chi connectivity index (χ3v) is 3.88. The molecule has 1 aliphatic heterocycles. The van der Waals surface area contributed by atoms with E-state index in [-0.39, 0.29) is 12.6 Å². The van der Waals surface area contributed by atoms with Crippen LogP contribution in [0.2, 0.25) is 0 Å². The quantitative estimate of drug-likeness (QED) is 0.776. The summed E-state index contributed by atoms with van der Waals surface area (Å²) in [5.41, 5.74) is -0.419. The molecule has 1 aliphatic rings. The Hall–Kier alpha value is -1.18. The maximum atomic E-state index is 9.78. The van der Waals surface area contributed by atoms with Crippen LogP contribution < -0.4 is 5.32 Å². The molecule has 19 heavy (non-hydrogen) atoms. The van der Waals surface area contributed by atoms with Gasteiger partial charge in [-0.2, -0.15) is 10.1 Å². The molecule has 0 spiro atoms. The van der Waals surface area contributed by atoms with E-state index >= 15 is 0 Å². The molecule has 0 unspecified atom stereocenters. The number of ether oxygens (including phenoxy) is 1. The molecular weight excluding hydrogens is 246 g/mol. The van der Waals surface area contributed by atoms with Crippen molar-refractivity contribution in [1.82, 2.24) is 19.7 Å². The van der Waals surface area contributed by atoms with Crippen molar-refractivity contribution in [2.75, 3.05) is 38.7 Å². The van der Waals surface area contributed by atoms with Crippen LogP contribution in [0.4, 0.5) is 5.95 Å². The Kier molecular flexibility index (Phi) is 4.07. The van der Waals surface area contributed by atoms with E-state index in [1.807, 2.05) is 21.0 Å². The molecule has 1 aromatic rings. The Bertz CT molecular complexity index is 436. The lowest BCUT2D eigenvalue weighted by Gasteiger charge is -2.47. The van der Waals surface area contributed by atoms with Crippen LogP contribution in [-0.2, 0) is 11.8 Å². The lowest BCUT2D eigenvalue weighted by atomic mass is 9.96. The number of aliphatic hydroxyl groups excluding tert-OH is 1. The molecule has 0 bridgehead atoms. The van der Waals surface area contributed by atoms with Gasteiger partial charge in [0.05, 0.1) is 25.4 Å². The first-order valence-electron chi connectivity index (χ1n) is 6.51. The first-order valence-corrected chi connectivity index (χ1v) is 6.51. The van der Waals surface area contributed by atoms with E-state index < -0.39 is 5.54 Å². The maximum Gasteiger partial charge on any atom is 0.221 e. The minimum Gasteiger partial charge on any atom is -0.394 e. The summed E-state index contributed by atoms with van der Waals surface area (Å²) in [5.74, 6) is 1.43. The Morgan fingerprint density at radius 3 is 2.84 bits per heavy atom. The van der Waals surface area contributed by atoms with Gasteiger partial charge in [-0.05, 0) is 20.9 Å². The van der Waals surface area contributed by atoms with Gasteiger partial charge in [-0.3, -0.25) is 4.90 Å². The Balaban J connectivity index is 2.08. The highest BCUT2D eigenvalue weighted by molar-refractivity contribution is 5.26. The van der Waals surface area contributed by atoms with Crippen molar-refractivity contribution in [3.63, 3.8) is 0 Å². The fourth-order valence-corrected chi connectivity index (χ4v) is 2.40. The Labute approximate surface area is 113 Å². The highest BCUT2D eigenvalue weighted by Crippen LogP contribution is 2.22. The zero-order chi connectivity index (χ0) is 14.0. The van der Waals surface area contributed by atoms with Crippen LogP contribution in [0, 0.1) is 6.92 Å². The molecule has 1 fully saturated rings. The van der Waals surface area contributed by atoms with Crippen LogP contribution in [0.3, 0.4) is 0 Å². The minimum absolute atomic E-state index is 0.0394. The molecule has 0 radical (unpaired) electrons. The number of likely N-dealkylation sites (N-methyl/N-ethyl adjacent to an activating group) is 1. The Morgan fingerprint density at radius 2 is 2.26 bits per heavy atom. The molecule has 0 saturated carbocycles. The van der Waals surface area contributed by atoms with Gasteiger partial charge in [0.15, 0.2) is 0 Å². The maximum absolute atomic E-state index is 9.78. The van der Waals surface area contributed by atoms with Crippen molar-refractivity contribution in [2.24, 2.45) is 7.05 Å². The van der Waals surface area contributed by atoms with Gasteiger partial charge in [-0.1, -0.05) is 0 Å².